The summed E-state index contributed by atoms with van der Waals surface area (Å²) in [6.45, 7) is 23.3. The van der Waals surface area contributed by atoms with E-state index in [-0.39, 0.29) is 0 Å². The first-order chi connectivity index (χ1) is 28.7. The number of halogens is 2. The molecule has 2 radical (unpaired) electrons. The first-order valence-corrected chi connectivity index (χ1v) is 38.1. The molecular formula is C54H72Cl2Si3Zr. The normalized spacial score (nSPS) is 15.0. The molecular weight excluding hydrogens is 895 g/mol. The molecule has 0 nitrogen and oxygen atoms in total. The predicted octanol–water partition coefficient (Wildman–Crippen LogP) is 16.6. The molecule has 0 unspecified atom stereocenters. The number of hydrogen-bond donors (Lipinski definition) is 0. The molecule has 8 rings (SSSR count). The minimum absolute atomic E-state index is 0.826. The van der Waals surface area contributed by atoms with Gasteiger partial charge >= 0.3 is 37.9 Å². The summed E-state index contributed by atoms with van der Waals surface area (Å²) in [5.41, 5.74) is 11.4. The van der Waals surface area contributed by atoms with Crippen LogP contribution in [0.15, 0.2) is 97.1 Å². The quantitative estimate of drug-likeness (QED) is 0.105. The van der Waals surface area contributed by atoms with Crippen LogP contribution in [0.3, 0.4) is 0 Å². The van der Waals surface area contributed by atoms with Gasteiger partial charge in [-0.25, -0.2) is 0 Å². The maximum atomic E-state index is 4.93. The van der Waals surface area contributed by atoms with Gasteiger partial charge in [-0.05, 0) is 35.8 Å². The number of aryl methyl sites for hydroxylation is 2. The Balaban J connectivity index is 0.000000201. The van der Waals surface area contributed by atoms with Gasteiger partial charge in [0, 0.05) is 9.52 Å². The van der Waals surface area contributed by atoms with E-state index in [2.05, 4.69) is 163 Å². The van der Waals surface area contributed by atoms with Gasteiger partial charge in [0.1, 0.15) is 0 Å². The monoisotopic (exact) mass is 964 g/mol. The summed E-state index contributed by atoms with van der Waals surface area (Å²) in [4.78, 5) is 0. The first-order valence-electron chi connectivity index (χ1n) is 22.8. The average Bonchev–Trinajstić information content (AvgIpc) is 3.85. The van der Waals surface area contributed by atoms with E-state index in [1.54, 1.807) is 11.1 Å². The SMILES string of the molecule is C[Si]C.Cc1ccc(-c2ccc([Si](C)(C)C)cc2)c2cc(CC3CCCCC3)[cH-]c12.Cc1ccc(-c2ccc([Si](C)(C)C)cc2)c2cc(CC3CCCCC3)[cH-]c12.[Cl][Zr+2][Cl]. The molecule has 2 aliphatic carbocycles. The van der Waals surface area contributed by atoms with E-state index in [4.69, 9.17) is 17.0 Å². The topological polar surface area (TPSA) is 0 Å². The van der Waals surface area contributed by atoms with Crippen LogP contribution in [0.4, 0.5) is 0 Å². The summed E-state index contributed by atoms with van der Waals surface area (Å²) in [7, 11) is 8.47. The molecule has 6 heteroatoms. The second kappa shape index (κ2) is 23.2. The molecule has 60 heavy (non-hydrogen) atoms. The summed E-state index contributed by atoms with van der Waals surface area (Å²) in [5.74, 6) is 1.80. The molecule has 0 bridgehead atoms. The molecule has 0 saturated heterocycles. The summed E-state index contributed by atoms with van der Waals surface area (Å²) >= 11 is -0.826. The van der Waals surface area contributed by atoms with Crippen molar-refractivity contribution in [1.29, 1.82) is 0 Å². The molecule has 0 aromatic heterocycles. The van der Waals surface area contributed by atoms with Gasteiger partial charge in [0.15, 0.2) is 0 Å². The van der Waals surface area contributed by atoms with E-state index in [1.165, 1.54) is 142 Å². The van der Waals surface area contributed by atoms with Crippen LogP contribution in [0.5, 0.6) is 0 Å². The Morgan fingerprint density at radius 3 is 1.15 bits per heavy atom. The van der Waals surface area contributed by atoms with Crippen LogP contribution >= 0.6 is 17.0 Å². The van der Waals surface area contributed by atoms with E-state index < -0.39 is 37.0 Å². The third kappa shape index (κ3) is 13.6. The number of rotatable bonds is 8. The van der Waals surface area contributed by atoms with Crippen molar-refractivity contribution in [3.8, 4) is 22.3 Å². The number of benzene rings is 4. The zero-order chi connectivity index (χ0) is 43.5. The molecule has 2 saturated carbocycles. The zero-order valence-electron chi connectivity index (χ0n) is 38.6. The Morgan fingerprint density at radius 1 is 0.533 bits per heavy atom. The fourth-order valence-corrected chi connectivity index (χ4v) is 11.8. The molecule has 6 aromatic rings. The van der Waals surface area contributed by atoms with E-state index in [1.807, 2.05) is 0 Å². The Kier molecular flexibility index (Phi) is 19.1. The van der Waals surface area contributed by atoms with Crippen LogP contribution in [-0.2, 0) is 33.7 Å². The van der Waals surface area contributed by atoms with Crippen LogP contribution in [-0.4, -0.2) is 25.7 Å². The van der Waals surface area contributed by atoms with Gasteiger partial charge in [0.05, 0.1) is 16.1 Å². The minimum atomic E-state index is -1.24. The van der Waals surface area contributed by atoms with E-state index >= 15 is 0 Å². The molecule has 0 N–H and O–H groups in total. The van der Waals surface area contributed by atoms with Crippen molar-refractivity contribution < 1.29 is 20.8 Å². The number of hydrogen-bond acceptors (Lipinski definition) is 0. The molecule has 318 valence electrons. The van der Waals surface area contributed by atoms with Gasteiger partial charge < -0.3 is 0 Å². The van der Waals surface area contributed by atoms with Gasteiger partial charge in [-0.3, -0.25) is 0 Å². The second-order valence-electron chi connectivity index (χ2n) is 19.9. The standard InChI is InChI=1S/2C26H33Si.C2H6Si.2ClH.Zr/c2*1-19-10-15-24(22-11-13-23(14-12-22)27(2,3)4)26-18-21(17-25(19)26)16-20-8-6-5-7-9-20;1-3-2;;;/h2*10-15,17-18,20H,5-9,16H2,1-4H3;1-2H3;2*1H;/q2*-1;;;;+4/p-2. The summed E-state index contributed by atoms with van der Waals surface area (Å²) in [6, 6.07) is 38.0. The fraction of sp³-hybridized carbons (Fsp3) is 0.444. The van der Waals surface area contributed by atoms with Gasteiger partial charge in [0.25, 0.3) is 0 Å². The molecule has 0 spiro atoms. The fourth-order valence-electron chi connectivity index (χ4n) is 9.50. The summed E-state index contributed by atoms with van der Waals surface area (Å²) in [5, 5.41) is 8.87. The van der Waals surface area contributed by atoms with Crippen molar-refractivity contribution in [2.45, 2.75) is 143 Å². The van der Waals surface area contributed by atoms with Crippen molar-refractivity contribution in [3.63, 3.8) is 0 Å². The van der Waals surface area contributed by atoms with Crippen LogP contribution in [0.2, 0.25) is 52.4 Å². The van der Waals surface area contributed by atoms with Crippen molar-refractivity contribution in [3.05, 3.63) is 119 Å². The predicted molar refractivity (Wildman–Crippen MR) is 275 cm³/mol. The Hall–Kier alpha value is -1.79. The van der Waals surface area contributed by atoms with Crippen molar-refractivity contribution in [2.75, 3.05) is 0 Å². The molecule has 0 aliphatic heterocycles. The number of fused-ring (bicyclic) bond motifs is 2. The van der Waals surface area contributed by atoms with Gasteiger partial charge in [-0.15, -0.1) is 68.1 Å². The van der Waals surface area contributed by atoms with Gasteiger partial charge in [0.2, 0.25) is 0 Å². The van der Waals surface area contributed by atoms with E-state index in [0.717, 1.165) is 21.4 Å². The third-order valence-electron chi connectivity index (χ3n) is 13.0. The molecule has 2 aliphatic rings. The summed E-state index contributed by atoms with van der Waals surface area (Å²) in [6.07, 6.45) is 16.8. The van der Waals surface area contributed by atoms with Crippen molar-refractivity contribution in [1.82, 2.24) is 0 Å². The first kappa shape index (κ1) is 49.2. The second-order valence-corrected chi connectivity index (χ2v) is 34.8. The molecule has 0 amide bonds. The Labute approximate surface area is 388 Å². The Morgan fingerprint density at radius 2 is 0.850 bits per heavy atom. The van der Waals surface area contributed by atoms with E-state index in [0.29, 0.717) is 0 Å². The van der Waals surface area contributed by atoms with Crippen LogP contribution in [0.25, 0.3) is 43.8 Å². The Bertz CT molecular complexity index is 2050. The maximum absolute atomic E-state index is 4.93. The zero-order valence-corrected chi connectivity index (χ0v) is 45.6. The van der Waals surface area contributed by atoms with Crippen molar-refractivity contribution >= 4 is 74.6 Å². The van der Waals surface area contributed by atoms with Crippen molar-refractivity contribution in [2.24, 2.45) is 11.8 Å². The van der Waals surface area contributed by atoms with Crippen LogP contribution < -0.4 is 10.4 Å². The summed E-state index contributed by atoms with van der Waals surface area (Å²) < 4.78 is 0. The van der Waals surface area contributed by atoms with E-state index in [9.17, 15) is 0 Å². The average molecular weight is 968 g/mol. The van der Waals surface area contributed by atoms with Gasteiger partial charge in [-0.1, -0.05) is 213 Å². The van der Waals surface area contributed by atoms with Crippen LogP contribution in [0.1, 0.15) is 86.5 Å². The molecule has 0 atom stereocenters. The molecule has 0 heterocycles. The van der Waals surface area contributed by atoms with Crippen LogP contribution in [0, 0.1) is 25.7 Å². The molecule has 6 aromatic carbocycles. The molecule has 2 fully saturated rings. The van der Waals surface area contributed by atoms with Gasteiger partial charge in [-0.2, -0.15) is 12.1 Å². The third-order valence-corrected chi connectivity index (χ3v) is 17.1.